The second kappa shape index (κ2) is 7.09. The summed E-state index contributed by atoms with van der Waals surface area (Å²) in [6.07, 6.45) is 4.10. The highest BCUT2D eigenvalue weighted by Crippen LogP contribution is 2.22. The summed E-state index contributed by atoms with van der Waals surface area (Å²) >= 11 is 0. The molecule has 1 saturated heterocycles. The Kier molecular flexibility index (Phi) is 5.41. The first-order valence-corrected chi connectivity index (χ1v) is 9.21. The molecule has 0 radical (unpaired) electrons. The van der Waals surface area contributed by atoms with Gasteiger partial charge in [-0.15, -0.1) is 0 Å². The van der Waals surface area contributed by atoms with E-state index in [9.17, 15) is 8.42 Å². The first kappa shape index (κ1) is 16.0. The number of nitrogen functional groups attached to an aromatic ring is 1. The molecular weight excluding hydrogens is 288 g/mol. The van der Waals surface area contributed by atoms with Crippen molar-refractivity contribution in [2.24, 2.45) is 0 Å². The van der Waals surface area contributed by atoms with Crippen LogP contribution >= 0.6 is 0 Å². The molecule has 0 amide bonds. The van der Waals surface area contributed by atoms with Crippen molar-refractivity contribution in [1.82, 2.24) is 9.88 Å². The minimum atomic E-state index is -2.89. The minimum Gasteiger partial charge on any atom is -0.396 e. The molecule has 1 fully saturated rings. The highest BCUT2D eigenvalue weighted by molar-refractivity contribution is 7.91. The van der Waals surface area contributed by atoms with Crippen molar-refractivity contribution in [2.75, 3.05) is 54.9 Å². The summed E-state index contributed by atoms with van der Waals surface area (Å²) < 4.78 is 23.5. The van der Waals surface area contributed by atoms with Crippen LogP contribution in [0.3, 0.4) is 0 Å². The molecule has 2 rings (SSSR count). The molecular formula is C14H24N4O2S. The molecule has 2 N–H and O–H groups in total. The number of piperazine rings is 1. The third-order valence-corrected chi connectivity index (χ3v) is 5.61. The van der Waals surface area contributed by atoms with Gasteiger partial charge in [-0.05, 0) is 12.5 Å². The SMILES string of the molecule is CCCS(=O)(=O)CCN1CCN(c2ccncc2N)CC1. The Morgan fingerprint density at radius 3 is 2.57 bits per heavy atom. The lowest BCUT2D eigenvalue weighted by atomic mass is 10.2. The Balaban J connectivity index is 1.83. The Labute approximate surface area is 126 Å². The van der Waals surface area contributed by atoms with Crippen LogP contribution in [0.1, 0.15) is 13.3 Å². The molecule has 0 aromatic carbocycles. The van der Waals surface area contributed by atoms with E-state index in [1.54, 1.807) is 12.4 Å². The van der Waals surface area contributed by atoms with Crippen LogP contribution in [0.25, 0.3) is 0 Å². The van der Waals surface area contributed by atoms with Gasteiger partial charge in [0.05, 0.1) is 23.3 Å². The molecule has 0 aliphatic carbocycles. The van der Waals surface area contributed by atoms with Gasteiger partial charge >= 0.3 is 0 Å². The fraction of sp³-hybridized carbons (Fsp3) is 0.643. The zero-order valence-electron chi connectivity index (χ0n) is 12.5. The number of nitrogens with two attached hydrogens (primary N) is 1. The van der Waals surface area contributed by atoms with Gasteiger partial charge in [-0.3, -0.25) is 9.88 Å². The number of pyridine rings is 1. The third kappa shape index (κ3) is 4.57. The summed E-state index contributed by atoms with van der Waals surface area (Å²) in [5, 5.41) is 0. The molecule has 118 valence electrons. The van der Waals surface area contributed by atoms with Crippen molar-refractivity contribution in [2.45, 2.75) is 13.3 Å². The van der Waals surface area contributed by atoms with E-state index in [1.807, 2.05) is 13.0 Å². The molecule has 1 aromatic rings. The van der Waals surface area contributed by atoms with Gasteiger partial charge in [0, 0.05) is 44.7 Å². The number of nitrogens with zero attached hydrogens (tertiary/aromatic N) is 3. The third-order valence-electron chi connectivity index (χ3n) is 3.77. The lowest BCUT2D eigenvalue weighted by Crippen LogP contribution is -2.47. The monoisotopic (exact) mass is 312 g/mol. The summed E-state index contributed by atoms with van der Waals surface area (Å²) in [4.78, 5) is 8.44. The van der Waals surface area contributed by atoms with Crippen molar-refractivity contribution in [3.8, 4) is 0 Å². The summed E-state index contributed by atoms with van der Waals surface area (Å²) in [5.74, 6) is 0.554. The van der Waals surface area contributed by atoms with Gasteiger partial charge in [0.25, 0.3) is 0 Å². The quantitative estimate of drug-likeness (QED) is 0.829. The number of anilines is 2. The van der Waals surface area contributed by atoms with E-state index < -0.39 is 9.84 Å². The Morgan fingerprint density at radius 1 is 1.24 bits per heavy atom. The molecule has 2 heterocycles. The van der Waals surface area contributed by atoms with Crippen LogP contribution in [0.2, 0.25) is 0 Å². The Morgan fingerprint density at radius 2 is 1.95 bits per heavy atom. The average molecular weight is 312 g/mol. The van der Waals surface area contributed by atoms with Crippen molar-refractivity contribution < 1.29 is 8.42 Å². The molecule has 0 bridgehead atoms. The number of hydrogen-bond acceptors (Lipinski definition) is 6. The second-order valence-corrected chi connectivity index (χ2v) is 7.72. The molecule has 0 saturated carbocycles. The summed E-state index contributed by atoms with van der Waals surface area (Å²) in [5.41, 5.74) is 7.65. The molecule has 7 heteroatoms. The number of aromatic nitrogens is 1. The summed E-state index contributed by atoms with van der Waals surface area (Å²) in [6, 6.07) is 1.93. The minimum absolute atomic E-state index is 0.262. The number of sulfone groups is 1. The number of hydrogen-bond donors (Lipinski definition) is 1. The van der Waals surface area contributed by atoms with Gasteiger partial charge in [-0.1, -0.05) is 6.92 Å². The van der Waals surface area contributed by atoms with E-state index in [-0.39, 0.29) is 5.75 Å². The maximum Gasteiger partial charge on any atom is 0.151 e. The Hall–Kier alpha value is -1.34. The van der Waals surface area contributed by atoms with Crippen LogP contribution in [-0.4, -0.2) is 62.5 Å². The second-order valence-electron chi connectivity index (χ2n) is 5.41. The highest BCUT2D eigenvalue weighted by atomic mass is 32.2. The van der Waals surface area contributed by atoms with E-state index in [0.717, 1.165) is 31.9 Å². The topological polar surface area (TPSA) is 79.5 Å². The maximum absolute atomic E-state index is 11.7. The van der Waals surface area contributed by atoms with Gasteiger partial charge in [0.1, 0.15) is 0 Å². The largest absolute Gasteiger partial charge is 0.396 e. The van der Waals surface area contributed by atoms with Gasteiger partial charge in [-0.2, -0.15) is 0 Å². The standard InChI is InChI=1S/C14H24N4O2S/c1-2-10-21(19,20)11-9-17-5-7-18(8-6-17)14-3-4-16-12-13(14)15/h3-4,12H,2,5-11,15H2,1H3. The molecule has 6 nitrogen and oxygen atoms in total. The predicted molar refractivity (Wildman–Crippen MR) is 86.2 cm³/mol. The van der Waals surface area contributed by atoms with Crippen molar-refractivity contribution in [3.63, 3.8) is 0 Å². The van der Waals surface area contributed by atoms with Crippen molar-refractivity contribution >= 4 is 21.2 Å². The summed E-state index contributed by atoms with van der Waals surface area (Å²) in [7, 11) is -2.89. The Bertz CT molecular complexity index is 554. The van der Waals surface area contributed by atoms with Crippen molar-refractivity contribution in [3.05, 3.63) is 18.5 Å². The molecule has 0 atom stereocenters. The smallest absolute Gasteiger partial charge is 0.151 e. The van der Waals surface area contributed by atoms with Crippen LogP contribution < -0.4 is 10.6 Å². The summed E-state index contributed by atoms with van der Waals surface area (Å²) in [6.45, 7) is 5.98. The molecule has 21 heavy (non-hydrogen) atoms. The van der Waals surface area contributed by atoms with Gasteiger partial charge in [0.2, 0.25) is 0 Å². The van der Waals surface area contributed by atoms with Gasteiger partial charge < -0.3 is 10.6 Å². The molecule has 0 spiro atoms. The van der Waals surface area contributed by atoms with Gasteiger partial charge in [-0.25, -0.2) is 8.42 Å². The van der Waals surface area contributed by atoms with Gasteiger partial charge in [0.15, 0.2) is 9.84 Å². The molecule has 0 unspecified atom stereocenters. The fourth-order valence-corrected chi connectivity index (χ4v) is 3.94. The van der Waals surface area contributed by atoms with Crippen LogP contribution in [0, 0.1) is 0 Å². The van der Waals surface area contributed by atoms with E-state index in [4.69, 9.17) is 5.73 Å². The lowest BCUT2D eigenvalue weighted by Gasteiger charge is -2.36. The zero-order chi connectivity index (χ0) is 15.3. The lowest BCUT2D eigenvalue weighted by molar-refractivity contribution is 0.272. The predicted octanol–water partition coefficient (Wildman–Crippen LogP) is 0.611. The normalized spacial score (nSPS) is 17.1. The van der Waals surface area contributed by atoms with Crippen LogP contribution in [0.5, 0.6) is 0 Å². The van der Waals surface area contributed by atoms with Crippen LogP contribution in [0.4, 0.5) is 11.4 Å². The molecule has 1 aromatic heterocycles. The van der Waals surface area contributed by atoms with E-state index >= 15 is 0 Å². The van der Waals surface area contributed by atoms with Crippen molar-refractivity contribution in [1.29, 1.82) is 0 Å². The van der Waals surface area contributed by atoms with E-state index in [0.29, 0.717) is 24.4 Å². The van der Waals surface area contributed by atoms with E-state index in [1.165, 1.54) is 0 Å². The zero-order valence-corrected chi connectivity index (χ0v) is 13.3. The van der Waals surface area contributed by atoms with E-state index in [2.05, 4.69) is 14.8 Å². The molecule has 1 aliphatic rings. The first-order chi connectivity index (χ1) is 10.0. The van der Waals surface area contributed by atoms with Crippen LogP contribution in [0.15, 0.2) is 18.5 Å². The first-order valence-electron chi connectivity index (χ1n) is 7.39. The number of rotatable bonds is 6. The fourth-order valence-electron chi connectivity index (χ4n) is 2.58. The highest BCUT2D eigenvalue weighted by Gasteiger charge is 2.20. The molecule has 1 aliphatic heterocycles. The van der Waals surface area contributed by atoms with Crippen LogP contribution in [-0.2, 0) is 9.84 Å². The average Bonchev–Trinajstić information content (AvgIpc) is 2.46. The maximum atomic E-state index is 11.7.